The Labute approximate surface area is 237 Å². The zero-order chi connectivity index (χ0) is 28.3. The Kier molecular flexibility index (Phi) is 12.3. The molecule has 3 unspecified atom stereocenters. The van der Waals surface area contributed by atoms with Gasteiger partial charge in [0, 0.05) is 39.1 Å². The van der Waals surface area contributed by atoms with Gasteiger partial charge in [0.25, 0.3) is 0 Å². The summed E-state index contributed by atoms with van der Waals surface area (Å²) in [6.07, 6.45) is 11.1. The summed E-state index contributed by atoms with van der Waals surface area (Å²) in [4.78, 5) is 28.3. The number of carbonyl (C=O) groups is 2. The first-order valence-electron chi connectivity index (χ1n) is 15.5. The molecule has 220 valence electrons. The van der Waals surface area contributed by atoms with Crippen molar-refractivity contribution < 1.29 is 19.4 Å². The number of benzene rings is 1. The molecule has 1 aromatic rings. The number of nitrogens with zero attached hydrogens (tertiary/aromatic N) is 1. The van der Waals surface area contributed by atoms with Crippen molar-refractivity contribution in [1.29, 1.82) is 0 Å². The molecule has 0 radical (unpaired) electrons. The van der Waals surface area contributed by atoms with Crippen LogP contribution >= 0.6 is 0 Å². The van der Waals surface area contributed by atoms with Crippen LogP contribution in [0.25, 0.3) is 0 Å². The predicted octanol–water partition coefficient (Wildman–Crippen LogP) is 5.86. The van der Waals surface area contributed by atoms with E-state index in [0.29, 0.717) is 45.0 Å². The van der Waals surface area contributed by atoms with Crippen LogP contribution in [0.5, 0.6) is 0 Å². The molecular weight excluding hydrogens is 488 g/mol. The van der Waals surface area contributed by atoms with Gasteiger partial charge in [0.15, 0.2) is 0 Å². The van der Waals surface area contributed by atoms with Gasteiger partial charge in [-0.1, -0.05) is 63.9 Å². The first-order valence-corrected chi connectivity index (χ1v) is 15.5. The van der Waals surface area contributed by atoms with Crippen molar-refractivity contribution >= 4 is 11.8 Å². The molecule has 4 atom stereocenters. The average molecular weight is 543 g/mol. The highest BCUT2D eigenvalue weighted by Crippen LogP contribution is 2.45. The summed E-state index contributed by atoms with van der Waals surface area (Å²) < 4.78 is 5.04. The smallest absolute Gasteiger partial charge is 0.225 e. The van der Waals surface area contributed by atoms with E-state index in [1.54, 1.807) is 7.11 Å². The molecule has 2 aliphatic rings. The third kappa shape index (κ3) is 9.04. The second kappa shape index (κ2) is 15.2. The van der Waals surface area contributed by atoms with Gasteiger partial charge in [-0.05, 0) is 80.6 Å². The molecule has 1 saturated carbocycles. The number of carbonyl (C=O) groups excluding carboxylic acids is 2. The number of aliphatic hydroxyl groups is 1. The van der Waals surface area contributed by atoms with Crippen molar-refractivity contribution in [3.05, 3.63) is 35.9 Å². The Bertz CT molecular complexity index is 887. The van der Waals surface area contributed by atoms with E-state index in [4.69, 9.17) is 4.74 Å². The Morgan fingerprint density at radius 3 is 2.51 bits per heavy atom. The van der Waals surface area contributed by atoms with E-state index < -0.39 is 5.60 Å². The van der Waals surface area contributed by atoms with Gasteiger partial charge in [-0.3, -0.25) is 9.59 Å². The van der Waals surface area contributed by atoms with E-state index in [2.05, 4.69) is 56.4 Å². The third-order valence-corrected chi connectivity index (χ3v) is 9.71. The van der Waals surface area contributed by atoms with Gasteiger partial charge in [-0.2, -0.15) is 0 Å². The molecule has 6 heteroatoms. The number of hydrogen-bond acceptors (Lipinski definition) is 4. The highest BCUT2D eigenvalue weighted by Gasteiger charge is 2.41. The minimum atomic E-state index is -0.612. The molecule has 6 nitrogen and oxygen atoms in total. The normalized spacial score (nSPS) is 26.8. The fourth-order valence-electron chi connectivity index (χ4n) is 6.89. The number of methoxy groups -OCH3 is 1. The minimum absolute atomic E-state index is 0.0439. The SMILES string of the molecule is CCC(C)C[C@]1(c2ccccc2)CCCC(CC2(O)CCC2)C(C)C(=O)N(CCC(=O)NCCOC)CCC1. The van der Waals surface area contributed by atoms with Gasteiger partial charge in [-0.15, -0.1) is 0 Å². The lowest BCUT2D eigenvalue weighted by Crippen LogP contribution is -2.44. The molecule has 1 aromatic carbocycles. The summed E-state index contributed by atoms with van der Waals surface area (Å²) in [5, 5.41) is 14.0. The largest absolute Gasteiger partial charge is 0.390 e. The van der Waals surface area contributed by atoms with E-state index in [1.807, 2.05) is 4.90 Å². The molecule has 0 aromatic heterocycles. The number of hydrogen-bond donors (Lipinski definition) is 2. The van der Waals surface area contributed by atoms with Crippen LogP contribution in [0.15, 0.2) is 30.3 Å². The lowest BCUT2D eigenvalue weighted by molar-refractivity contribution is -0.139. The van der Waals surface area contributed by atoms with E-state index in [0.717, 1.165) is 64.2 Å². The van der Waals surface area contributed by atoms with Crippen molar-refractivity contribution in [3.63, 3.8) is 0 Å². The van der Waals surface area contributed by atoms with E-state index in [1.165, 1.54) is 5.56 Å². The lowest BCUT2D eigenvalue weighted by Gasteiger charge is -2.41. The Morgan fingerprint density at radius 1 is 1.15 bits per heavy atom. The van der Waals surface area contributed by atoms with E-state index in [-0.39, 0.29) is 29.1 Å². The van der Waals surface area contributed by atoms with Crippen molar-refractivity contribution in [2.75, 3.05) is 33.4 Å². The van der Waals surface area contributed by atoms with Gasteiger partial charge in [-0.25, -0.2) is 0 Å². The number of rotatable bonds is 12. The summed E-state index contributed by atoms with van der Waals surface area (Å²) in [5.74, 6) is 0.703. The van der Waals surface area contributed by atoms with Crippen molar-refractivity contribution in [1.82, 2.24) is 10.2 Å². The molecule has 39 heavy (non-hydrogen) atoms. The number of amides is 2. The molecular formula is C33H54N2O4. The standard InChI is InChI=1S/C33H54N2O4/c1-5-26(2)24-32(29-13-7-6-8-14-29)16-9-12-28(25-33(38)18-10-19-33)27(3)31(37)35(21-11-17-32)22-15-30(36)34-20-23-39-4/h6-8,13-14,26-28,38H,5,9-12,15-25H2,1-4H3,(H,34,36)/t26?,27?,28?,32-/m0/s1. The van der Waals surface area contributed by atoms with Gasteiger partial charge in [0.05, 0.1) is 12.2 Å². The molecule has 1 aliphatic carbocycles. The Morgan fingerprint density at radius 2 is 1.87 bits per heavy atom. The van der Waals surface area contributed by atoms with Gasteiger partial charge in [0.1, 0.15) is 0 Å². The van der Waals surface area contributed by atoms with Crippen molar-refractivity contribution in [3.8, 4) is 0 Å². The Balaban J connectivity index is 1.85. The maximum Gasteiger partial charge on any atom is 0.225 e. The lowest BCUT2D eigenvalue weighted by atomic mass is 9.66. The van der Waals surface area contributed by atoms with Crippen LogP contribution in [0.4, 0.5) is 0 Å². The zero-order valence-corrected chi connectivity index (χ0v) is 25.1. The van der Waals surface area contributed by atoms with Crippen LogP contribution in [0.1, 0.15) is 103 Å². The molecule has 2 fully saturated rings. The Hall–Kier alpha value is -1.92. The van der Waals surface area contributed by atoms with Crippen LogP contribution < -0.4 is 5.32 Å². The second-order valence-corrected chi connectivity index (χ2v) is 12.6. The predicted molar refractivity (Wildman–Crippen MR) is 157 cm³/mol. The fourth-order valence-corrected chi connectivity index (χ4v) is 6.89. The monoisotopic (exact) mass is 542 g/mol. The molecule has 0 spiro atoms. The number of nitrogens with one attached hydrogen (secondary N) is 1. The molecule has 1 saturated heterocycles. The summed E-state index contributed by atoms with van der Waals surface area (Å²) in [6.45, 7) is 8.77. The van der Waals surface area contributed by atoms with E-state index >= 15 is 0 Å². The second-order valence-electron chi connectivity index (χ2n) is 12.6. The van der Waals surface area contributed by atoms with E-state index in [9.17, 15) is 14.7 Å². The average Bonchev–Trinajstić information content (AvgIpc) is 2.94. The summed E-state index contributed by atoms with van der Waals surface area (Å²) >= 11 is 0. The fraction of sp³-hybridized carbons (Fsp3) is 0.758. The topological polar surface area (TPSA) is 78.9 Å². The van der Waals surface area contributed by atoms with Gasteiger partial charge < -0.3 is 20.1 Å². The molecule has 1 heterocycles. The highest BCUT2D eigenvalue weighted by atomic mass is 16.5. The maximum absolute atomic E-state index is 13.9. The van der Waals surface area contributed by atoms with Crippen molar-refractivity contribution in [2.45, 2.75) is 109 Å². The van der Waals surface area contributed by atoms with Crippen LogP contribution in [0.3, 0.4) is 0 Å². The first kappa shape index (κ1) is 31.6. The molecule has 2 amide bonds. The maximum atomic E-state index is 13.9. The zero-order valence-electron chi connectivity index (χ0n) is 25.1. The first-order chi connectivity index (χ1) is 18.7. The third-order valence-electron chi connectivity index (χ3n) is 9.71. The van der Waals surface area contributed by atoms with Crippen molar-refractivity contribution in [2.24, 2.45) is 17.8 Å². The summed E-state index contributed by atoms with van der Waals surface area (Å²) in [6, 6.07) is 11.0. The minimum Gasteiger partial charge on any atom is -0.390 e. The quantitative estimate of drug-likeness (QED) is 0.324. The summed E-state index contributed by atoms with van der Waals surface area (Å²) in [5.41, 5.74) is 0.884. The van der Waals surface area contributed by atoms with Crippen LogP contribution in [-0.2, 0) is 19.7 Å². The molecule has 3 rings (SSSR count). The number of ether oxygens (including phenoxy) is 1. The molecule has 2 N–H and O–H groups in total. The summed E-state index contributed by atoms with van der Waals surface area (Å²) in [7, 11) is 1.62. The van der Waals surface area contributed by atoms with Crippen LogP contribution in [0, 0.1) is 17.8 Å². The highest BCUT2D eigenvalue weighted by molar-refractivity contribution is 5.80. The molecule has 1 aliphatic heterocycles. The van der Waals surface area contributed by atoms with Gasteiger partial charge >= 0.3 is 0 Å². The van der Waals surface area contributed by atoms with Crippen LogP contribution in [-0.4, -0.2) is 60.8 Å². The van der Waals surface area contributed by atoms with Gasteiger partial charge in [0.2, 0.25) is 11.8 Å². The van der Waals surface area contributed by atoms with Crippen LogP contribution in [0.2, 0.25) is 0 Å². The molecule has 0 bridgehead atoms.